The van der Waals surface area contributed by atoms with Crippen LogP contribution in [0.4, 0.5) is 0 Å². The lowest BCUT2D eigenvalue weighted by Crippen LogP contribution is -2.49. The van der Waals surface area contributed by atoms with Crippen molar-refractivity contribution in [3.8, 4) is 0 Å². The number of piperidine rings is 1. The molecule has 2 aliphatic heterocycles. The molecular weight excluding hydrogens is 370 g/mol. The quantitative estimate of drug-likeness (QED) is 0.791. The van der Waals surface area contributed by atoms with E-state index in [1.807, 2.05) is 20.8 Å². The van der Waals surface area contributed by atoms with E-state index in [4.69, 9.17) is 0 Å². The molecule has 0 aromatic heterocycles. The zero-order valence-electron chi connectivity index (χ0n) is 17.7. The Morgan fingerprint density at radius 2 is 1.62 bits per heavy atom. The van der Waals surface area contributed by atoms with Gasteiger partial charge in [0.05, 0.1) is 11.1 Å². The van der Waals surface area contributed by atoms with Crippen molar-refractivity contribution in [3.63, 3.8) is 0 Å². The maximum absolute atomic E-state index is 12.9. The summed E-state index contributed by atoms with van der Waals surface area (Å²) in [7, 11) is 0. The van der Waals surface area contributed by atoms with E-state index in [9.17, 15) is 19.2 Å². The second-order valence-corrected chi connectivity index (χ2v) is 9.12. The first kappa shape index (κ1) is 21.0. The van der Waals surface area contributed by atoms with Crippen LogP contribution in [0.25, 0.3) is 0 Å². The largest absolute Gasteiger partial charge is 0.353 e. The minimum absolute atomic E-state index is 0.0128. The van der Waals surface area contributed by atoms with Crippen LogP contribution in [0.3, 0.4) is 0 Å². The number of nitrogens with zero attached hydrogens (tertiary/aromatic N) is 2. The van der Waals surface area contributed by atoms with Crippen molar-refractivity contribution in [1.29, 1.82) is 0 Å². The fourth-order valence-corrected chi connectivity index (χ4v) is 3.67. The number of hydrogen-bond donors (Lipinski definition) is 1. The number of rotatable bonds is 3. The fourth-order valence-electron chi connectivity index (χ4n) is 3.67. The van der Waals surface area contributed by atoms with Gasteiger partial charge in [0.2, 0.25) is 5.91 Å². The molecule has 1 saturated heterocycles. The lowest BCUT2D eigenvalue weighted by atomic mass is 9.94. The highest BCUT2D eigenvalue weighted by atomic mass is 16.2. The van der Waals surface area contributed by atoms with Gasteiger partial charge in [-0.3, -0.25) is 24.1 Å². The molecule has 3 rings (SSSR count). The molecule has 1 fully saturated rings. The van der Waals surface area contributed by atoms with Gasteiger partial charge < -0.3 is 10.2 Å². The van der Waals surface area contributed by atoms with Crippen molar-refractivity contribution >= 4 is 23.6 Å². The third-order valence-electron chi connectivity index (χ3n) is 5.48. The summed E-state index contributed by atoms with van der Waals surface area (Å²) in [5.74, 6) is -0.803. The van der Waals surface area contributed by atoms with Crippen molar-refractivity contribution in [2.24, 2.45) is 5.41 Å². The molecule has 0 bridgehead atoms. The van der Waals surface area contributed by atoms with Crippen molar-refractivity contribution in [2.75, 3.05) is 13.1 Å². The average Bonchev–Trinajstić information content (AvgIpc) is 2.91. The molecule has 0 atom stereocenters. The lowest BCUT2D eigenvalue weighted by molar-refractivity contribution is -0.129. The smallest absolute Gasteiger partial charge is 0.261 e. The normalized spacial score (nSPS) is 17.7. The Labute approximate surface area is 171 Å². The highest BCUT2D eigenvalue weighted by molar-refractivity contribution is 6.22. The molecule has 1 aromatic carbocycles. The van der Waals surface area contributed by atoms with Crippen molar-refractivity contribution < 1.29 is 19.2 Å². The third-order valence-corrected chi connectivity index (χ3v) is 5.48. The van der Waals surface area contributed by atoms with E-state index in [1.54, 1.807) is 30.9 Å². The summed E-state index contributed by atoms with van der Waals surface area (Å²) >= 11 is 0. The topological polar surface area (TPSA) is 86.8 Å². The maximum atomic E-state index is 12.9. The monoisotopic (exact) mass is 399 g/mol. The van der Waals surface area contributed by atoms with Crippen LogP contribution in [0.2, 0.25) is 0 Å². The summed E-state index contributed by atoms with van der Waals surface area (Å²) < 4.78 is 0. The Balaban J connectivity index is 1.67. The molecule has 0 spiro atoms. The van der Waals surface area contributed by atoms with Crippen LogP contribution in [0.1, 0.15) is 78.5 Å². The highest BCUT2D eigenvalue weighted by Crippen LogP contribution is 2.26. The zero-order valence-corrected chi connectivity index (χ0v) is 17.7. The molecule has 0 saturated carbocycles. The molecule has 2 aliphatic rings. The van der Waals surface area contributed by atoms with Crippen LogP contribution in [0.5, 0.6) is 0 Å². The summed E-state index contributed by atoms with van der Waals surface area (Å²) in [6.45, 7) is 10.3. The molecule has 2 heterocycles. The van der Waals surface area contributed by atoms with Gasteiger partial charge in [0, 0.05) is 36.2 Å². The molecule has 0 radical (unpaired) electrons. The van der Waals surface area contributed by atoms with Crippen LogP contribution in [-0.4, -0.2) is 58.6 Å². The number of nitrogens with one attached hydrogen (secondary N) is 1. The van der Waals surface area contributed by atoms with Crippen LogP contribution in [0.15, 0.2) is 18.2 Å². The molecule has 7 nitrogen and oxygen atoms in total. The Bertz CT molecular complexity index is 861. The van der Waals surface area contributed by atoms with Crippen LogP contribution in [-0.2, 0) is 4.79 Å². The number of imide groups is 1. The number of hydrogen-bond acceptors (Lipinski definition) is 4. The van der Waals surface area contributed by atoms with Gasteiger partial charge in [-0.15, -0.1) is 0 Å². The van der Waals surface area contributed by atoms with E-state index in [0.717, 1.165) is 0 Å². The second-order valence-electron chi connectivity index (χ2n) is 9.12. The Kier molecular flexibility index (Phi) is 5.52. The van der Waals surface area contributed by atoms with Crippen molar-refractivity contribution in [2.45, 2.75) is 59.5 Å². The summed E-state index contributed by atoms with van der Waals surface area (Å²) in [6.07, 6.45) is 1.38. The number of benzene rings is 1. The van der Waals surface area contributed by atoms with Crippen LogP contribution < -0.4 is 5.32 Å². The zero-order chi connectivity index (χ0) is 21.5. The van der Waals surface area contributed by atoms with Gasteiger partial charge in [0.15, 0.2) is 0 Å². The molecular formula is C22H29N3O4. The first-order valence-corrected chi connectivity index (χ1v) is 10.1. The summed E-state index contributed by atoms with van der Waals surface area (Å²) in [5, 5.41) is 3.05. The Hall–Kier alpha value is -2.70. The molecule has 0 unspecified atom stereocenters. The van der Waals surface area contributed by atoms with E-state index in [1.165, 1.54) is 11.0 Å². The van der Waals surface area contributed by atoms with Gasteiger partial charge in [-0.1, -0.05) is 20.8 Å². The maximum Gasteiger partial charge on any atom is 0.261 e. The van der Waals surface area contributed by atoms with Gasteiger partial charge >= 0.3 is 0 Å². The van der Waals surface area contributed by atoms with E-state index < -0.39 is 5.41 Å². The molecule has 0 aliphatic carbocycles. The lowest BCUT2D eigenvalue weighted by Gasteiger charge is -2.33. The number of amides is 4. The van der Waals surface area contributed by atoms with E-state index in [-0.39, 0.29) is 35.7 Å². The molecule has 29 heavy (non-hydrogen) atoms. The summed E-state index contributed by atoms with van der Waals surface area (Å²) in [5.41, 5.74) is 0.615. The van der Waals surface area contributed by atoms with Crippen LogP contribution >= 0.6 is 0 Å². The minimum Gasteiger partial charge on any atom is -0.353 e. The molecule has 1 N–H and O–H groups in total. The number of likely N-dealkylation sites (tertiary alicyclic amines) is 1. The number of carbonyl (C=O) groups is 4. The highest BCUT2D eigenvalue weighted by Gasteiger charge is 2.38. The van der Waals surface area contributed by atoms with Gasteiger partial charge in [0.25, 0.3) is 17.7 Å². The van der Waals surface area contributed by atoms with Gasteiger partial charge in [-0.05, 0) is 44.9 Å². The first-order chi connectivity index (χ1) is 13.5. The Morgan fingerprint density at radius 1 is 1.03 bits per heavy atom. The van der Waals surface area contributed by atoms with Crippen LogP contribution in [0, 0.1) is 5.41 Å². The molecule has 4 amide bonds. The third kappa shape index (κ3) is 4.04. The molecule has 156 valence electrons. The summed E-state index contributed by atoms with van der Waals surface area (Å²) in [6, 6.07) is 4.55. The summed E-state index contributed by atoms with van der Waals surface area (Å²) in [4.78, 5) is 53.0. The second kappa shape index (κ2) is 7.61. The SMILES string of the molecule is CC(C)N1C(=O)c2ccc(C(=O)N3CCC(NC(=O)C(C)(C)C)CC3)cc2C1=O. The average molecular weight is 399 g/mol. The molecule has 7 heteroatoms. The van der Waals surface area contributed by atoms with E-state index in [2.05, 4.69) is 5.32 Å². The first-order valence-electron chi connectivity index (χ1n) is 10.1. The predicted molar refractivity (Wildman–Crippen MR) is 109 cm³/mol. The van der Waals surface area contributed by atoms with Gasteiger partial charge in [-0.2, -0.15) is 0 Å². The van der Waals surface area contributed by atoms with Crippen molar-refractivity contribution in [1.82, 2.24) is 15.1 Å². The number of carbonyl (C=O) groups excluding carboxylic acids is 4. The number of fused-ring (bicyclic) bond motifs is 1. The van der Waals surface area contributed by atoms with E-state index >= 15 is 0 Å². The van der Waals surface area contributed by atoms with E-state index in [0.29, 0.717) is 42.6 Å². The standard InChI is InChI=1S/C22H29N3O4/c1-13(2)25-19(27)16-7-6-14(12-17(16)20(25)28)18(26)24-10-8-15(9-11-24)23-21(29)22(3,4)5/h6-7,12-13,15H,8-11H2,1-5H3,(H,23,29). The van der Waals surface area contributed by atoms with Gasteiger partial charge in [-0.25, -0.2) is 0 Å². The Morgan fingerprint density at radius 3 is 2.17 bits per heavy atom. The molecule has 1 aromatic rings. The van der Waals surface area contributed by atoms with Gasteiger partial charge in [0.1, 0.15) is 0 Å². The van der Waals surface area contributed by atoms with Crippen molar-refractivity contribution in [3.05, 3.63) is 34.9 Å². The minimum atomic E-state index is -0.439. The predicted octanol–water partition coefficient (Wildman–Crippen LogP) is 2.46. The fraction of sp³-hybridized carbons (Fsp3) is 0.545.